The van der Waals surface area contributed by atoms with Crippen molar-refractivity contribution in [1.82, 2.24) is 0 Å². The van der Waals surface area contributed by atoms with Crippen LogP contribution < -0.4 is 0 Å². The monoisotopic (exact) mass is 306 g/mol. The van der Waals surface area contributed by atoms with Crippen LogP contribution in [-0.4, -0.2) is 10.2 Å². The van der Waals surface area contributed by atoms with Crippen molar-refractivity contribution < 1.29 is 10.2 Å². The molecule has 0 aliphatic carbocycles. The average molecular weight is 307 g/mol. The zero-order valence-corrected chi connectivity index (χ0v) is 11.7. The van der Waals surface area contributed by atoms with E-state index in [9.17, 15) is 10.2 Å². The minimum atomic E-state index is -0.0261. The Balaban J connectivity index is 2.56. The highest BCUT2D eigenvalue weighted by Crippen LogP contribution is 2.41. The summed E-state index contributed by atoms with van der Waals surface area (Å²) in [5, 5.41) is 20.0. The normalized spacial score (nSPS) is 12.3. The Labute approximate surface area is 115 Å². The molecule has 0 amide bonds. The van der Waals surface area contributed by atoms with Gasteiger partial charge < -0.3 is 10.2 Å². The van der Waals surface area contributed by atoms with Crippen molar-refractivity contribution in [2.45, 2.75) is 19.3 Å². The van der Waals surface area contributed by atoms with Crippen LogP contribution in [0.15, 0.2) is 46.9 Å². The molecule has 0 aliphatic heterocycles. The van der Waals surface area contributed by atoms with Gasteiger partial charge in [-0.1, -0.05) is 47.1 Å². The maximum atomic E-state index is 10.0. The Bertz CT molecular complexity index is 532. The Hall–Kier alpha value is -1.48. The standard InChI is InChI=1S/C15H15BrO2/c1-2-10(11-6-3-4-8-13(11)17)15-12(16)7-5-9-14(15)18/h3-10,17-18H,2H2,1H3. The van der Waals surface area contributed by atoms with Crippen molar-refractivity contribution in [3.8, 4) is 11.5 Å². The number of hydrogen-bond donors (Lipinski definition) is 2. The third-order valence-corrected chi connectivity index (χ3v) is 3.79. The molecule has 0 spiro atoms. The highest BCUT2D eigenvalue weighted by molar-refractivity contribution is 9.10. The van der Waals surface area contributed by atoms with Gasteiger partial charge in [-0.3, -0.25) is 0 Å². The van der Waals surface area contributed by atoms with Gasteiger partial charge in [0.05, 0.1) is 0 Å². The van der Waals surface area contributed by atoms with Gasteiger partial charge in [0.25, 0.3) is 0 Å². The molecule has 0 fully saturated rings. The number of para-hydroxylation sites is 1. The van der Waals surface area contributed by atoms with Crippen LogP contribution in [0.1, 0.15) is 30.4 Å². The SMILES string of the molecule is CCC(c1ccccc1O)c1c(O)cccc1Br. The second-order valence-electron chi connectivity index (χ2n) is 4.19. The fourth-order valence-electron chi connectivity index (χ4n) is 2.23. The molecule has 18 heavy (non-hydrogen) atoms. The number of phenols is 2. The minimum Gasteiger partial charge on any atom is -0.508 e. The lowest BCUT2D eigenvalue weighted by Crippen LogP contribution is -2.01. The summed E-state index contributed by atoms with van der Waals surface area (Å²) < 4.78 is 0.859. The number of benzene rings is 2. The molecule has 2 nitrogen and oxygen atoms in total. The molecule has 2 rings (SSSR count). The highest BCUT2D eigenvalue weighted by Gasteiger charge is 2.20. The molecule has 0 heterocycles. The molecule has 94 valence electrons. The van der Waals surface area contributed by atoms with Crippen molar-refractivity contribution in [3.63, 3.8) is 0 Å². The van der Waals surface area contributed by atoms with Crippen molar-refractivity contribution in [1.29, 1.82) is 0 Å². The lowest BCUT2D eigenvalue weighted by molar-refractivity contribution is 0.452. The Morgan fingerprint density at radius 1 is 1.00 bits per heavy atom. The first-order valence-electron chi connectivity index (χ1n) is 5.90. The second-order valence-corrected chi connectivity index (χ2v) is 5.05. The van der Waals surface area contributed by atoms with Crippen molar-refractivity contribution >= 4 is 15.9 Å². The smallest absolute Gasteiger partial charge is 0.120 e. The summed E-state index contributed by atoms with van der Waals surface area (Å²) in [6.07, 6.45) is 0.799. The predicted octanol–water partition coefficient (Wildman–Crippen LogP) is 4.40. The van der Waals surface area contributed by atoms with Crippen LogP contribution in [0.3, 0.4) is 0 Å². The van der Waals surface area contributed by atoms with Crippen LogP contribution in [0.25, 0.3) is 0 Å². The van der Waals surface area contributed by atoms with Crippen LogP contribution in [-0.2, 0) is 0 Å². The van der Waals surface area contributed by atoms with Crippen molar-refractivity contribution in [3.05, 3.63) is 58.1 Å². The quantitative estimate of drug-likeness (QED) is 0.882. The van der Waals surface area contributed by atoms with E-state index in [4.69, 9.17) is 0 Å². The van der Waals surface area contributed by atoms with Gasteiger partial charge in [0, 0.05) is 21.5 Å². The average Bonchev–Trinajstić information content (AvgIpc) is 2.35. The molecule has 0 radical (unpaired) electrons. The van der Waals surface area contributed by atoms with Gasteiger partial charge in [0.1, 0.15) is 11.5 Å². The molecule has 2 aromatic carbocycles. The third kappa shape index (κ3) is 2.36. The Morgan fingerprint density at radius 2 is 1.67 bits per heavy atom. The van der Waals surface area contributed by atoms with E-state index in [2.05, 4.69) is 15.9 Å². The molecule has 0 aliphatic rings. The van der Waals surface area contributed by atoms with Crippen LogP contribution in [0.5, 0.6) is 11.5 Å². The summed E-state index contributed by atoms with van der Waals surface area (Å²) in [4.78, 5) is 0. The first kappa shape index (κ1) is 13.0. The fraction of sp³-hybridized carbons (Fsp3) is 0.200. The summed E-state index contributed by atoms with van der Waals surface area (Å²) in [5.41, 5.74) is 1.66. The van der Waals surface area contributed by atoms with E-state index >= 15 is 0 Å². The Morgan fingerprint density at radius 3 is 2.28 bits per heavy atom. The summed E-state index contributed by atoms with van der Waals surface area (Å²) in [6.45, 7) is 2.04. The van der Waals surface area contributed by atoms with Gasteiger partial charge >= 0.3 is 0 Å². The van der Waals surface area contributed by atoms with Gasteiger partial charge in [-0.2, -0.15) is 0 Å². The first-order valence-corrected chi connectivity index (χ1v) is 6.69. The van der Waals surface area contributed by atoms with E-state index in [1.165, 1.54) is 0 Å². The molecule has 0 bridgehead atoms. The molecule has 2 N–H and O–H groups in total. The largest absolute Gasteiger partial charge is 0.508 e. The van der Waals surface area contributed by atoms with Crippen LogP contribution in [0.4, 0.5) is 0 Å². The third-order valence-electron chi connectivity index (χ3n) is 3.10. The fourth-order valence-corrected chi connectivity index (χ4v) is 2.86. The number of aromatic hydroxyl groups is 2. The molecule has 0 saturated carbocycles. The molecule has 0 saturated heterocycles. The number of rotatable bonds is 3. The molecule has 3 heteroatoms. The lowest BCUT2D eigenvalue weighted by atomic mass is 9.88. The van der Waals surface area contributed by atoms with Crippen LogP contribution in [0.2, 0.25) is 0 Å². The summed E-state index contributed by atoms with van der Waals surface area (Å²) in [7, 11) is 0. The second kappa shape index (κ2) is 5.44. The molecule has 1 atom stereocenters. The number of phenolic OH excluding ortho intramolecular Hbond substituents is 2. The maximum Gasteiger partial charge on any atom is 0.120 e. The van der Waals surface area contributed by atoms with Crippen molar-refractivity contribution in [2.75, 3.05) is 0 Å². The zero-order valence-electron chi connectivity index (χ0n) is 10.1. The van der Waals surface area contributed by atoms with E-state index in [-0.39, 0.29) is 17.4 Å². The molecule has 0 aromatic heterocycles. The molecule has 2 aromatic rings. The van der Waals surface area contributed by atoms with E-state index in [1.54, 1.807) is 24.3 Å². The predicted molar refractivity (Wildman–Crippen MR) is 76.0 cm³/mol. The van der Waals surface area contributed by atoms with Crippen LogP contribution in [0, 0.1) is 0 Å². The van der Waals surface area contributed by atoms with Gasteiger partial charge in [0.2, 0.25) is 0 Å². The van der Waals surface area contributed by atoms with E-state index in [0.717, 1.165) is 22.0 Å². The first-order chi connectivity index (χ1) is 8.65. The van der Waals surface area contributed by atoms with Gasteiger partial charge in [-0.05, 0) is 24.6 Å². The van der Waals surface area contributed by atoms with Crippen LogP contribution >= 0.6 is 15.9 Å². The molecular weight excluding hydrogens is 292 g/mol. The summed E-state index contributed by atoms with van der Waals surface area (Å²) in [5.74, 6) is 0.487. The summed E-state index contributed by atoms with van der Waals surface area (Å²) in [6, 6.07) is 12.6. The number of halogens is 1. The highest BCUT2D eigenvalue weighted by atomic mass is 79.9. The Kier molecular flexibility index (Phi) is 3.92. The van der Waals surface area contributed by atoms with Gasteiger partial charge in [-0.25, -0.2) is 0 Å². The van der Waals surface area contributed by atoms with Gasteiger partial charge in [-0.15, -0.1) is 0 Å². The zero-order chi connectivity index (χ0) is 13.1. The molecular formula is C15H15BrO2. The van der Waals surface area contributed by atoms with E-state index in [0.29, 0.717) is 0 Å². The minimum absolute atomic E-state index is 0.0261. The lowest BCUT2D eigenvalue weighted by Gasteiger charge is -2.19. The summed E-state index contributed by atoms with van der Waals surface area (Å²) >= 11 is 3.47. The van der Waals surface area contributed by atoms with Gasteiger partial charge in [0.15, 0.2) is 0 Å². The van der Waals surface area contributed by atoms with E-state index in [1.807, 2.05) is 25.1 Å². The maximum absolute atomic E-state index is 10.0. The number of hydrogen-bond acceptors (Lipinski definition) is 2. The van der Waals surface area contributed by atoms with Crippen molar-refractivity contribution in [2.24, 2.45) is 0 Å². The van der Waals surface area contributed by atoms with E-state index < -0.39 is 0 Å². The topological polar surface area (TPSA) is 40.5 Å². The molecule has 1 unspecified atom stereocenters.